The lowest BCUT2D eigenvalue weighted by Gasteiger charge is -2.01. The van der Waals surface area contributed by atoms with Crippen LogP contribution in [-0.4, -0.2) is 20.7 Å². The monoisotopic (exact) mass is 261 g/mol. The standard InChI is InChI=1S/C15H19NO3/c1-10-12(4-3-5-15(18)19)13-8-11(9-17)6-7-14(13)16(10)2/h6-8,17H,3-5,9H2,1-2H3,(H,18,19). The van der Waals surface area contributed by atoms with Gasteiger partial charge < -0.3 is 14.8 Å². The third-order valence-corrected chi connectivity index (χ3v) is 3.69. The van der Waals surface area contributed by atoms with E-state index >= 15 is 0 Å². The van der Waals surface area contributed by atoms with Crippen molar-refractivity contribution in [3.05, 3.63) is 35.0 Å². The number of aliphatic hydroxyl groups is 1. The highest BCUT2D eigenvalue weighted by molar-refractivity contribution is 5.86. The molecule has 4 heteroatoms. The van der Waals surface area contributed by atoms with Gasteiger partial charge in [0.05, 0.1) is 6.61 Å². The molecule has 0 amide bonds. The molecule has 1 aromatic carbocycles. The number of fused-ring (bicyclic) bond motifs is 1. The molecule has 0 bridgehead atoms. The first-order chi connectivity index (χ1) is 9.04. The van der Waals surface area contributed by atoms with Gasteiger partial charge in [0.2, 0.25) is 0 Å². The van der Waals surface area contributed by atoms with Gasteiger partial charge in [-0.05, 0) is 43.0 Å². The number of hydrogen-bond acceptors (Lipinski definition) is 2. The highest BCUT2D eigenvalue weighted by atomic mass is 16.4. The minimum atomic E-state index is -0.756. The molecule has 2 aromatic rings. The Morgan fingerprint density at radius 2 is 2.11 bits per heavy atom. The maximum Gasteiger partial charge on any atom is 0.303 e. The van der Waals surface area contributed by atoms with Gasteiger partial charge in [-0.15, -0.1) is 0 Å². The van der Waals surface area contributed by atoms with E-state index in [9.17, 15) is 9.90 Å². The Bertz CT molecular complexity index is 613. The van der Waals surface area contributed by atoms with Crippen molar-refractivity contribution >= 4 is 16.9 Å². The van der Waals surface area contributed by atoms with Gasteiger partial charge in [-0.3, -0.25) is 4.79 Å². The molecule has 0 fully saturated rings. The maximum absolute atomic E-state index is 10.6. The Kier molecular flexibility index (Phi) is 3.90. The Morgan fingerprint density at radius 1 is 1.37 bits per heavy atom. The quantitative estimate of drug-likeness (QED) is 0.868. The summed E-state index contributed by atoms with van der Waals surface area (Å²) in [5.41, 5.74) is 4.36. The zero-order valence-corrected chi connectivity index (χ0v) is 11.3. The molecular weight excluding hydrogens is 242 g/mol. The van der Waals surface area contributed by atoms with E-state index in [0.29, 0.717) is 6.42 Å². The number of carbonyl (C=O) groups is 1. The van der Waals surface area contributed by atoms with E-state index in [1.165, 1.54) is 5.56 Å². The molecule has 4 nitrogen and oxygen atoms in total. The second kappa shape index (κ2) is 5.45. The second-order valence-corrected chi connectivity index (χ2v) is 4.88. The van der Waals surface area contributed by atoms with Gasteiger partial charge in [0, 0.05) is 30.1 Å². The van der Waals surface area contributed by atoms with Crippen molar-refractivity contribution in [1.82, 2.24) is 4.57 Å². The van der Waals surface area contributed by atoms with E-state index in [1.807, 2.05) is 25.2 Å². The van der Waals surface area contributed by atoms with Crippen molar-refractivity contribution in [3.63, 3.8) is 0 Å². The summed E-state index contributed by atoms with van der Waals surface area (Å²) in [5.74, 6) is -0.756. The number of benzene rings is 1. The van der Waals surface area contributed by atoms with Crippen molar-refractivity contribution in [3.8, 4) is 0 Å². The van der Waals surface area contributed by atoms with E-state index in [0.717, 1.165) is 28.6 Å². The van der Waals surface area contributed by atoms with Gasteiger partial charge in [0.1, 0.15) is 0 Å². The first-order valence-corrected chi connectivity index (χ1v) is 6.44. The van der Waals surface area contributed by atoms with Gasteiger partial charge >= 0.3 is 5.97 Å². The van der Waals surface area contributed by atoms with Gasteiger partial charge in [0.25, 0.3) is 0 Å². The predicted molar refractivity (Wildman–Crippen MR) is 74.2 cm³/mol. The average Bonchev–Trinajstić information content (AvgIpc) is 2.63. The summed E-state index contributed by atoms with van der Waals surface area (Å²) in [6.45, 7) is 2.08. The molecule has 19 heavy (non-hydrogen) atoms. The summed E-state index contributed by atoms with van der Waals surface area (Å²) < 4.78 is 2.12. The zero-order chi connectivity index (χ0) is 14.0. The van der Waals surface area contributed by atoms with Crippen LogP contribution in [0.5, 0.6) is 0 Å². The summed E-state index contributed by atoms with van der Waals surface area (Å²) in [5, 5.41) is 19.1. The summed E-state index contributed by atoms with van der Waals surface area (Å²) in [6, 6.07) is 5.93. The van der Waals surface area contributed by atoms with Crippen LogP contribution in [0.2, 0.25) is 0 Å². The highest BCUT2D eigenvalue weighted by Gasteiger charge is 2.12. The molecule has 2 N–H and O–H groups in total. The van der Waals surface area contributed by atoms with E-state index < -0.39 is 5.97 Å². The second-order valence-electron chi connectivity index (χ2n) is 4.88. The Morgan fingerprint density at radius 3 is 2.74 bits per heavy atom. The Balaban J connectivity index is 2.40. The maximum atomic E-state index is 10.6. The lowest BCUT2D eigenvalue weighted by molar-refractivity contribution is -0.137. The van der Waals surface area contributed by atoms with Crippen LogP contribution in [0.25, 0.3) is 10.9 Å². The van der Waals surface area contributed by atoms with Crippen molar-refractivity contribution in [2.75, 3.05) is 0 Å². The molecule has 0 saturated heterocycles. The fraction of sp³-hybridized carbons (Fsp3) is 0.400. The van der Waals surface area contributed by atoms with Gasteiger partial charge in [-0.1, -0.05) is 6.07 Å². The van der Waals surface area contributed by atoms with Crippen LogP contribution >= 0.6 is 0 Å². The number of aromatic nitrogens is 1. The first-order valence-electron chi connectivity index (χ1n) is 6.44. The number of aliphatic carboxylic acids is 1. The number of hydrogen-bond donors (Lipinski definition) is 2. The molecule has 102 valence electrons. The number of aryl methyl sites for hydroxylation is 2. The number of rotatable bonds is 5. The van der Waals surface area contributed by atoms with Crippen molar-refractivity contribution in [1.29, 1.82) is 0 Å². The Labute approximate surface area is 112 Å². The van der Waals surface area contributed by atoms with Gasteiger partial charge in [-0.25, -0.2) is 0 Å². The number of nitrogens with zero attached hydrogens (tertiary/aromatic N) is 1. The van der Waals surface area contributed by atoms with Crippen molar-refractivity contribution in [2.45, 2.75) is 32.8 Å². The summed E-state index contributed by atoms with van der Waals surface area (Å²) in [6.07, 6.45) is 1.58. The van der Waals surface area contributed by atoms with Crippen LogP contribution in [0, 0.1) is 6.92 Å². The summed E-state index contributed by atoms with van der Waals surface area (Å²) >= 11 is 0. The van der Waals surface area contributed by atoms with E-state index in [-0.39, 0.29) is 13.0 Å². The number of carboxylic acid groups (broad SMARTS) is 1. The smallest absolute Gasteiger partial charge is 0.303 e. The molecule has 0 radical (unpaired) electrons. The zero-order valence-electron chi connectivity index (χ0n) is 11.3. The molecule has 0 aliphatic heterocycles. The Hall–Kier alpha value is -1.81. The van der Waals surface area contributed by atoms with E-state index in [4.69, 9.17) is 5.11 Å². The molecule has 0 atom stereocenters. The number of carboxylic acids is 1. The van der Waals surface area contributed by atoms with Crippen LogP contribution in [0.15, 0.2) is 18.2 Å². The topological polar surface area (TPSA) is 62.5 Å². The largest absolute Gasteiger partial charge is 0.481 e. The van der Waals surface area contributed by atoms with Crippen LogP contribution in [0.1, 0.15) is 29.7 Å². The molecule has 1 aromatic heterocycles. The summed E-state index contributed by atoms with van der Waals surface area (Å²) in [7, 11) is 2.01. The molecule has 0 unspecified atom stereocenters. The molecular formula is C15H19NO3. The fourth-order valence-electron chi connectivity index (χ4n) is 2.53. The molecule has 0 aliphatic carbocycles. The minimum Gasteiger partial charge on any atom is -0.481 e. The first kappa shape index (κ1) is 13.6. The molecule has 2 rings (SSSR count). The van der Waals surface area contributed by atoms with Gasteiger partial charge in [-0.2, -0.15) is 0 Å². The van der Waals surface area contributed by atoms with Crippen molar-refractivity contribution in [2.24, 2.45) is 7.05 Å². The molecule has 0 saturated carbocycles. The third kappa shape index (κ3) is 2.63. The predicted octanol–water partition coefficient (Wildman–Crippen LogP) is 2.39. The molecule has 0 aliphatic rings. The van der Waals surface area contributed by atoms with Gasteiger partial charge in [0.15, 0.2) is 0 Å². The number of aliphatic hydroxyl groups excluding tert-OH is 1. The third-order valence-electron chi connectivity index (χ3n) is 3.69. The summed E-state index contributed by atoms with van der Waals surface area (Å²) in [4.78, 5) is 10.6. The normalized spacial score (nSPS) is 11.1. The van der Waals surface area contributed by atoms with E-state index in [1.54, 1.807) is 0 Å². The molecule has 1 heterocycles. The van der Waals surface area contributed by atoms with Crippen LogP contribution in [-0.2, 0) is 24.9 Å². The lowest BCUT2D eigenvalue weighted by atomic mass is 10.0. The molecule has 0 spiro atoms. The lowest BCUT2D eigenvalue weighted by Crippen LogP contribution is -1.97. The highest BCUT2D eigenvalue weighted by Crippen LogP contribution is 2.27. The SMILES string of the molecule is Cc1c(CCCC(=O)O)c2cc(CO)ccc2n1C. The van der Waals surface area contributed by atoms with Crippen LogP contribution in [0.3, 0.4) is 0 Å². The average molecular weight is 261 g/mol. The van der Waals surface area contributed by atoms with Crippen molar-refractivity contribution < 1.29 is 15.0 Å². The fourth-order valence-corrected chi connectivity index (χ4v) is 2.53. The van der Waals surface area contributed by atoms with E-state index in [2.05, 4.69) is 11.5 Å². The van der Waals surface area contributed by atoms with Crippen LogP contribution in [0.4, 0.5) is 0 Å². The minimum absolute atomic E-state index is 0.0262. The van der Waals surface area contributed by atoms with Crippen LogP contribution < -0.4 is 0 Å².